The highest BCUT2D eigenvalue weighted by Crippen LogP contribution is 2.20. The highest BCUT2D eigenvalue weighted by atomic mass is 16.5. The third kappa shape index (κ3) is 4.22. The molecule has 158 valence electrons. The third-order valence-electron chi connectivity index (χ3n) is 5.88. The lowest BCUT2D eigenvalue weighted by Gasteiger charge is -2.34. The van der Waals surface area contributed by atoms with Gasteiger partial charge in [-0.1, -0.05) is 53.2 Å². The summed E-state index contributed by atoms with van der Waals surface area (Å²) >= 11 is 0. The highest BCUT2D eigenvalue weighted by Gasteiger charge is 2.23. The standard InChI is InChI=1S/C24H25N5O2/c1-17-6-8-18(9-7-17)24-26-22(31-27-24)16-28-10-12-29(13-11-28)23(30)14-19-15-25-21-5-3-2-4-20(19)21/h2-9,15,25H,10-14,16H2,1H3. The van der Waals surface area contributed by atoms with Gasteiger partial charge in [0, 0.05) is 48.8 Å². The van der Waals surface area contributed by atoms with Crippen LogP contribution >= 0.6 is 0 Å². The van der Waals surface area contributed by atoms with Crippen LogP contribution in [0.1, 0.15) is 17.0 Å². The number of fused-ring (bicyclic) bond motifs is 1. The van der Waals surface area contributed by atoms with Crippen LogP contribution in [0.3, 0.4) is 0 Å². The van der Waals surface area contributed by atoms with Gasteiger partial charge in [0.2, 0.25) is 17.6 Å². The molecule has 1 fully saturated rings. The van der Waals surface area contributed by atoms with E-state index in [4.69, 9.17) is 4.52 Å². The van der Waals surface area contributed by atoms with E-state index < -0.39 is 0 Å². The molecule has 7 heteroatoms. The number of H-pyrrole nitrogens is 1. The Morgan fingerprint density at radius 3 is 2.65 bits per heavy atom. The van der Waals surface area contributed by atoms with Gasteiger partial charge < -0.3 is 14.4 Å². The van der Waals surface area contributed by atoms with Crippen LogP contribution in [0.2, 0.25) is 0 Å². The van der Waals surface area contributed by atoms with Crippen LogP contribution in [0.15, 0.2) is 59.3 Å². The number of carbonyl (C=O) groups excluding carboxylic acids is 1. The second-order valence-electron chi connectivity index (χ2n) is 8.07. The van der Waals surface area contributed by atoms with Gasteiger partial charge in [-0.2, -0.15) is 4.98 Å². The molecule has 0 saturated carbocycles. The smallest absolute Gasteiger partial charge is 0.241 e. The van der Waals surface area contributed by atoms with Crippen molar-refractivity contribution in [2.24, 2.45) is 0 Å². The Bertz CT molecular complexity index is 1190. The molecular weight excluding hydrogens is 390 g/mol. The molecule has 2 aromatic carbocycles. The van der Waals surface area contributed by atoms with Crippen molar-refractivity contribution in [2.75, 3.05) is 26.2 Å². The number of para-hydroxylation sites is 1. The quantitative estimate of drug-likeness (QED) is 0.540. The van der Waals surface area contributed by atoms with Crippen LogP contribution in [-0.2, 0) is 17.8 Å². The van der Waals surface area contributed by atoms with E-state index in [0.717, 1.165) is 35.1 Å². The van der Waals surface area contributed by atoms with Gasteiger partial charge in [0.25, 0.3) is 0 Å². The molecule has 3 heterocycles. The van der Waals surface area contributed by atoms with E-state index >= 15 is 0 Å². The molecule has 0 spiro atoms. The Morgan fingerprint density at radius 1 is 1.06 bits per heavy atom. The molecule has 7 nitrogen and oxygen atoms in total. The van der Waals surface area contributed by atoms with Crippen LogP contribution in [0.25, 0.3) is 22.3 Å². The number of aryl methyl sites for hydroxylation is 1. The van der Waals surface area contributed by atoms with Crippen molar-refractivity contribution in [3.63, 3.8) is 0 Å². The molecule has 1 saturated heterocycles. The lowest BCUT2D eigenvalue weighted by Crippen LogP contribution is -2.48. The number of nitrogens with zero attached hydrogens (tertiary/aromatic N) is 4. The molecule has 31 heavy (non-hydrogen) atoms. The zero-order valence-electron chi connectivity index (χ0n) is 17.5. The third-order valence-corrected chi connectivity index (χ3v) is 5.88. The van der Waals surface area contributed by atoms with E-state index in [-0.39, 0.29) is 5.91 Å². The summed E-state index contributed by atoms with van der Waals surface area (Å²) in [4.78, 5) is 24.8. The second-order valence-corrected chi connectivity index (χ2v) is 8.07. The molecule has 0 unspecified atom stereocenters. The lowest BCUT2D eigenvalue weighted by atomic mass is 10.1. The summed E-state index contributed by atoms with van der Waals surface area (Å²) in [5.74, 6) is 1.39. The predicted octanol–water partition coefficient (Wildman–Crippen LogP) is 3.41. The number of aromatic nitrogens is 3. The van der Waals surface area contributed by atoms with Gasteiger partial charge >= 0.3 is 0 Å². The van der Waals surface area contributed by atoms with E-state index in [2.05, 4.69) is 33.0 Å². The largest absolute Gasteiger partial charge is 0.361 e. The minimum Gasteiger partial charge on any atom is -0.361 e. The summed E-state index contributed by atoms with van der Waals surface area (Å²) in [6, 6.07) is 16.2. The number of rotatable bonds is 5. The number of piperazine rings is 1. The maximum atomic E-state index is 12.8. The summed E-state index contributed by atoms with van der Waals surface area (Å²) in [6.07, 6.45) is 2.37. The van der Waals surface area contributed by atoms with Crippen molar-refractivity contribution >= 4 is 16.8 Å². The summed E-state index contributed by atoms with van der Waals surface area (Å²) in [7, 11) is 0. The Labute approximate surface area is 180 Å². The van der Waals surface area contributed by atoms with Crippen LogP contribution in [-0.4, -0.2) is 57.0 Å². The average Bonchev–Trinajstić information content (AvgIpc) is 3.42. The van der Waals surface area contributed by atoms with Crippen LogP contribution in [0, 0.1) is 6.92 Å². The molecule has 1 aliphatic rings. The van der Waals surface area contributed by atoms with E-state index in [1.807, 2.05) is 53.6 Å². The average molecular weight is 415 g/mol. The highest BCUT2D eigenvalue weighted by molar-refractivity contribution is 5.88. The first-order valence-corrected chi connectivity index (χ1v) is 10.6. The molecule has 5 rings (SSSR count). The fourth-order valence-corrected chi connectivity index (χ4v) is 4.04. The van der Waals surface area contributed by atoms with Gasteiger partial charge in [-0.25, -0.2) is 0 Å². The van der Waals surface area contributed by atoms with Crippen molar-refractivity contribution in [1.29, 1.82) is 0 Å². The molecular formula is C24H25N5O2. The zero-order chi connectivity index (χ0) is 21.2. The Balaban J connectivity index is 1.15. The van der Waals surface area contributed by atoms with E-state index in [9.17, 15) is 4.79 Å². The normalized spacial score (nSPS) is 14.9. The number of carbonyl (C=O) groups is 1. The second kappa shape index (κ2) is 8.35. The van der Waals surface area contributed by atoms with Crippen LogP contribution in [0.5, 0.6) is 0 Å². The monoisotopic (exact) mass is 415 g/mol. The number of benzene rings is 2. The molecule has 0 atom stereocenters. The van der Waals surface area contributed by atoms with E-state index in [0.29, 0.717) is 37.8 Å². The first-order chi connectivity index (χ1) is 15.2. The molecule has 0 aliphatic carbocycles. The van der Waals surface area contributed by atoms with Crippen molar-refractivity contribution in [3.8, 4) is 11.4 Å². The van der Waals surface area contributed by atoms with Gasteiger partial charge in [0.1, 0.15) is 0 Å². The summed E-state index contributed by atoms with van der Waals surface area (Å²) in [5.41, 5.74) is 4.27. The molecule has 4 aromatic rings. The number of hydrogen-bond acceptors (Lipinski definition) is 5. The van der Waals surface area contributed by atoms with Gasteiger partial charge in [-0.15, -0.1) is 0 Å². The molecule has 1 aliphatic heterocycles. The van der Waals surface area contributed by atoms with Gasteiger partial charge in [-0.05, 0) is 18.6 Å². The fraction of sp³-hybridized carbons (Fsp3) is 0.292. The topological polar surface area (TPSA) is 78.3 Å². The van der Waals surface area contributed by atoms with Gasteiger partial charge in [-0.3, -0.25) is 9.69 Å². The molecule has 0 radical (unpaired) electrons. The first kappa shape index (κ1) is 19.5. The number of amides is 1. The van der Waals surface area contributed by atoms with E-state index in [1.165, 1.54) is 5.56 Å². The Hall–Kier alpha value is -3.45. The Kier molecular flexibility index (Phi) is 5.26. The first-order valence-electron chi connectivity index (χ1n) is 10.6. The molecule has 1 N–H and O–H groups in total. The van der Waals surface area contributed by atoms with Gasteiger partial charge in [0.05, 0.1) is 13.0 Å². The molecule has 2 aromatic heterocycles. The van der Waals surface area contributed by atoms with Crippen LogP contribution in [0.4, 0.5) is 0 Å². The predicted molar refractivity (Wildman–Crippen MR) is 118 cm³/mol. The SMILES string of the molecule is Cc1ccc(-c2noc(CN3CCN(C(=O)Cc4c[nH]c5ccccc45)CC3)n2)cc1. The van der Waals surface area contributed by atoms with Gasteiger partial charge in [0.15, 0.2) is 0 Å². The summed E-state index contributed by atoms with van der Waals surface area (Å²) in [6.45, 7) is 5.66. The summed E-state index contributed by atoms with van der Waals surface area (Å²) < 4.78 is 5.45. The summed E-state index contributed by atoms with van der Waals surface area (Å²) in [5, 5.41) is 5.23. The van der Waals surface area contributed by atoms with Crippen LogP contribution < -0.4 is 0 Å². The zero-order valence-corrected chi connectivity index (χ0v) is 17.5. The van der Waals surface area contributed by atoms with Crippen molar-refractivity contribution < 1.29 is 9.32 Å². The van der Waals surface area contributed by atoms with Crippen molar-refractivity contribution in [2.45, 2.75) is 19.9 Å². The van der Waals surface area contributed by atoms with E-state index in [1.54, 1.807) is 0 Å². The maximum Gasteiger partial charge on any atom is 0.241 e. The number of hydrogen-bond donors (Lipinski definition) is 1. The van der Waals surface area contributed by atoms with Crippen molar-refractivity contribution in [1.82, 2.24) is 24.9 Å². The minimum absolute atomic E-state index is 0.170. The lowest BCUT2D eigenvalue weighted by molar-refractivity contribution is -0.132. The Morgan fingerprint density at radius 2 is 1.84 bits per heavy atom. The minimum atomic E-state index is 0.170. The molecule has 0 bridgehead atoms. The number of aromatic amines is 1. The number of nitrogens with one attached hydrogen (secondary N) is 1. The maximum absolute atomic E-state index is 12.8. The molecule has 1 amide bonds. The fourth-order valence-electron chi connectivity index (χ4n) is 4.04. The van der Waals surface area contributed by atoms with Crippen molar-refractivity contribution in [3.05, 3.63) is 71.7 Å².